The number of carbonyl (C=O) groups excluding carboxylic acids is 1. The third-order valence-corrected chi connectivity index (χ3v) is 4.52. The zero-order valence-electron chi connectivity index (χ0n) is 11.7. The molecule has 3 rings (SSSR count). The molecule has 0 saturated carbocycles. The molecule has 2 aromatic carbocycles. The minimum Gasteiger partial charge on any atom is -0.305 e. The molecule has 1 unspecified atom stereocenters. The van der Waals surface area contributed by atoms with Crippen LogP contribution in [0.1, 0.15) is 22.8 Å². The summed E-state index contributed by atoms with van der Waals surface area (Å²) in [6.07, 6.45) is 0.488. The summed E-state index contributed by atoms with van der Waals surface area (Å²) in [5.74, 6) is 0.0231. The van der Waals surface area contributed by atoms with Gasteiger partial charge in [0.05, 0.1) is 5.69 Å². The highest BCUT2D eigenvalue weighted by atomic mass is 32.2. The third kappa shape index (κ3) is 3.34. The SMILES string of the molecule is Cc1ccccc1N=C1NC(=O)CC(c2ccccc2)S1. The summed E-state index contributed by atoms with van der Waals surface area (Å²) in [6.45, 7) is 2.02. The number of para-hydroxylation sites is 1. The van der Waals surface area contributed by atoms with Crippen molar-refractivity contribution in [2.45, 2.75) is 18.6 Å². The van der Waals surface area contributed by atoms with Gasteiger partial charge in [-0.15, -0.1) is 0 Å². The number of carbonyl (C=O) groups is 1. The van der Waals surface area contributed by atoms with Gasteiger partial charge in [0, 0.05) is 11.7 Å². The Bertz CT molecular complexity index is 682. The van der Waals surface area contributed by atoms with Gasteiger partial charge in [-0.1, -0.05) is 60.3 Å². The Morgan fingerprint density at radius 1 is 1.10 bits per heavy atom. The molecule has 1 amide bonds. The van der Waals surface area contributed by atoms with Gasteiger partial charge in [0.1, 0.15) is 0 Å². The topological polar surface area (TPSA) is 41.5 Å². The maximum absolute atomic E-state index is 11.9. The Morgan fingerprint density at radius 2 is 1.81 bits per heavy atom. The fourth-order valence-electron chi connectivity index (χ4n) is 2.25. The van der Waals surface area contributed by atoms with Crippen LogP contribution in [0.5, 0.6) is 0 Å². The van der Waals surface area contributed by atoms with Gasteiger partial charge >= 0.3 is 0 Å². The normalized spacial score (nSPS) is 20.3. The zero-order chi connectivity index (χ0) is 14.7. The van der Waals surface area contributed by atoms with Crippen LogP contribution in [0, 0.1) is 6.92 Å². The van der Waals surface area contributed by atoms with Crippen LogP contribution in [0.2, 0.25) is 0 Å². The number of hydrogen-bond acceptors (Lipinski definition) is 3. The van der Waals surface area contributed by atoms with Crippen molar-refractivity contribution in [3.05, 3.63) is 65.7 Å². The third-order valence-electron chi connectivity index (χ3n) is 3.38. The van der Waals surface area contributed by atoms with E-state index in [0.717, 1.165) is 16.8 Å². The van der Waals surface area contributed by atoms with Gasteiger partial charge in [-0.3, -0.25) is 4.79 Å². The summed E-state index contributed by atoms with van der Waals surface area (Å²) in [5, 5.41) is 3.67. The van der Waals surface area contributed by atoms with E-state index in [1.807, 2.05) is 49.4 Å². The molecule has 106 valence electrons. The maximum Gasteiger partial charge on any atom is 0.227 e. The lowest BCUT2D eigenvalue weighted by molar-refractivity contribution is -0.119. The first kappa shape index (κ1) is 13.9. The summed E-state index contributed by atoms with van der Waals surface area (Å²) in [6, 6.07) is 18.0. The van der Waals surface area contributed by atoms with Gasteiger partial charge in [0.2, 0.25) is 5.91 Å². The molecule has 1 heterocycles. The number of aryl methyl sites for hydroxylation is 1. The van der Waals surface area contributed by atoms with Crippen molar-refractivity contribution in [3.8, 4) is 0 Å². The second-order valence-electron chi connectivity index (χ2n) is 4.97. The number of benzene rings is 2. The average Bonchev–Trinajstić information content (AvgIpc) is 2.50. The van der Waals surface area contributed by atoms with Crippen LogP contribution in [-0.4, -0.2) is 11.1 Å². The predicted molar refractivity (Wildman–Crippen MR) is 87.8 cm³/mol. The summed E-state index contributed by atoms with van der Waals surface area (Å²) in [4.78, 5) is 16.5. The number of rotatable bonds is 2. The van der Waals surface area contributed by atoms with Crippen LogP contribution < -0.4 is 5.32 Å². The molecule has 1 saturated heterocycles. The van der Waals surface area contributed by atoms with Gasteiger partial charge in [0.15, 0.2) is 5.17 Å². The molecule has 3 nitrogen and oxygen atoms in total. The fraction of sp³-hybridized carbons (Fsp3) is 0.176. The number of amides is 1. The largest absolute Gasteiger partial charge is 0.305 e. The highest BCUT2D eigenvalue weighted by Crippen LogP contribution is 2.36. The molecule has 1 aliphatic heterocycles. The Balaban J connectivity index is 1.87. The number of thioether (sulfide) groups is 1. The zero-order valence-corrected chi connectivity index (χ0v) is 12.6. The van der Waals surface area contributed by atoms with Crippen LogP contribution in [-0.2, 0) is 4.79 Å². The van der Waals surface area contributed by atoms with Gasteiger partial charge in [-0.2, -0.15) is 0 Å². The second-order valence-corrected chi connectivity index (χ2v) is 6.16. The second kappa shape index (κ2) is 6.14. The van der Waals surface area contributed by atoms with E-state index in [4.69, 9.17) is 0 Å². The lowest BCUT2D eigenvalue weighted by atomic mass is 10.1. The summed E-state index contributed by atoms with van der Waals surface area (Å²) >= 11 is 1.61. The number of amidine groups is 1. The average molecular weight is 296 g/mol. The fourth-order valence-corrected chi connectivity index (χ4v) is 3.37. The molecule has 1 atom stereocenters. The van der Waals surface area contributed by atoms with Crippen LogP contribution in [0.4, 0.5) is 5.69 Å². The summed E-state index contributed by atoms with van der Waals surface area (Å²) in [5.41, 5.74) is 3.16. The molecule has 1 N–H and O–H groups in total. The number of aliphatic imine (C=N–C) groups is 1. The standard InChI is InChI=1S/C17H16N2OS/c1-12-7-5-6-10-14(12)18-17-19-16(20)11-15(21-17)13-8-3-2-4-9-13/h2-10,15H,11H2,1H3,(H,18,19,20). The Morgan fingerprint density at radius 3 is 2.57 bits per heavy atom. The molecule has 0 aromatic heterocycles. The van der Waals surface area contributed by atoms with Crippen molar-refractivity contribution in [2.75, 3.05) is 0 Å². The van der Waals surface area contributed by atoms with E-state index >= 15 is 0 Å². The Hall–Kier alpha value is -2.07. The molecule has 21 heavy (non-hydrogen) atoms. The maximum atomic E-state index is 11.9. The smallest absolute Gasteiger partial charge is 0.227 e. The van der Waals surface area contributed by atoms with E-state index < -0.39 is 0 Å². The van der Waals surface area contributed by atoms with Gasteiger partial charge in [0.25, 0.3) is 0 Å². The van der Waals surface area contributed by atoms with Gasteiger partial charge in [-0.05, 0) is 24.1 Å². The van der Waals surface area contributed by atoms with Crippen molar-refractivity contribution in [3.63, 3.8) is 0 Å². The van der Waals surface area contributed by atoms with Crippen molar-refractivity contribution in [1.29, 1.82) is 0 Å². The summed E-state index contributed by atoms with van der Waals surface area (Å²) < 4.78 is 0. The minimum atomic E-state index is 0.0231. The quantitative estimate of drug-likeness (QED) is 0.911. The monoisotopic (exact) mass is 296 g/mol. The molecule has 4 heteroatoms. The molecular weight excluding hydrogens is 280 g/mol. The molecule has 2 aromatic rings. The van der Waals surface area contributed by atoms with Crippen LogP contribution in [0.25, 0.3) is 0 Å². The predicted octanol–water partition coefficient (Wildman–Crippen LogP) is 3.98. The molecule has 0 bridgehead atoms. The number of nitrogens with one attached hydrogen (secondary N) is 1. The van der Waals surface area contributed by atoms with Gasteiger partial charge in [-0.25, -0.2) is 4.99 Å². The first-order valence-corrected chi connectivity index (χ1v) is 7.76. The van der Waals surface area contributed by atoms with Crippen LogP contribution in [0.3, 0.4) is 0 Å². The van der Waals surface area contributed by atoms with Crippen molar-refractivity contribution in [2.24, 2.45) is 4.99 Å². The lowest BCUT2D eigenvalue weighted by Crippen LogP contribution is -2.34. The number of hydrogen-bond donors (Lipinski definition) is 1. The molecule has 0 aliphatic carbocycles. The van der Waals surface area contributed by atoms with E-state index in [0.29, 0.717) is 11.6 Å². The molecule has 0 spiro atoms. The summed E-state index contributed by atoms with van der Waals surface area (Å²) in [7, 11) is 0. The van der Waals surface area contributed by atoms with E-state index in [-0.39, 0.29) is 11.2 Å². The number of nitrogens with zero attached hydrogens (tertiary/aromatic N) is 1. The molecular formula is C17H16N2OS. The molecule has 0 radical (unpaired) electrons. The van der Waals surface area contributed by atoms with Crippen LogP contribution in [0.15, 0.2) is 59.6 Å². The van der Waals surface area contributed by atoms with Crippen molar-refractivity contribution < 1.29 is 4.79 Å². The van der Waals surface area contributed by atoms with E-state index in [2.05, 4.69) is 22.4 Å². The van der Waals surface area contributed by atoms with E-state index in [9.17, 15) is 4.79 Å². The highest BCUT2D eigenvalue weighted by molar-refractivity contribution is 8.14. The van der Waals surface area contributed by atoms with Crippen molar-refractivity contribution in [1.82, 2.24) is 5.32 Å². The highest BCUT2D eigenvalue weighted by Gasteiger charge is 2.25. The lowest BCUT2D eigenvalue weighted by Gasteiger charge is -2.23. The van der Waals surface area contributed by atoms with Crippen molar-refractivity contribution >= 4 is 28.5 Å². The first-order chi connectivity index (χ1) is 10.2. The van der Waals surface area contributed by atoms with Gasteiger partial charge < -0.3 is 5.32 Å². The first-order valence-electron chi connectivity index (χ1n) is 6.88. The van der Waals surface area contributed by atoms with E-state index in [1.165, 1.54) is 0 Å². The molecule has 1 fully saturated rings. The Kier molecular flexibility index (Phi) is 4.06. The Labute approximate surface area is 128 Å². The molecule has 1 aliphatic rings. The van der Waals surface area contributed by atoms with E-state index in [1.54, 1.807) is 11.8 Å². The minimum absolute atomic E-state index is 0.0231. The van der Waals surface area contributed by atoms with Crippen LogP contribution >= 0.6 is 11.8 Å².